The van der Waals surface area contributed by atoms with E-state index in [0.717, 1.165) is 13.0 Å². The molecule has 1 aromatic rings. The minimum Gasteiger partial charge on any atom is -0.462 e. The van der Waals surface area contributed by atoms with Gasteiger partial charge in [0.25, 0.3) is 0 Å². The van der Waals surface area contributed by atoms with E-state index >= 15 is 0 Å². The summed E-state index contributed by atoms with van der Waals surface area (Å²) < 4.78 is 5.03. The summed E-state index contributed by atoms with van der Waals surface area (Å²) in [4.78, 5) is 18.5. The van der Waals surface area contributed by atoms with Crippen LogP contribution in [0.3, 0.4) is 0 Å². The van der Waals surface area contributed by atoms with Gasteiger partial charge < -0.3 is 15.4 Å². The summed E-state index contributed by atoms with van der Waals surface area (Å²) in [5.41, 5.74) is 6.98. The van der Waals surface area contributed by atoms with Gasteiger partial charge in [0, 0.05) is 18.8 Å². The van der Waals surface area contributed by atoms with E-state index in [1.807, 2.05) is 0 Å². The Kier molecular flexibility index (Phi) is 4.47. The normalized spacial score (nSPS) is 22.6. The van der Waals surface area contributed by atoms with E-state index in [-0.39, 0.29) is 5.97 Å². The van der Waals surface area contributed by atoms with Gasteiger partial charge in [0.1, 0.15) is 0 Å². The number of esters is 1. The zero-order valence-corrected chi connectivity index (χ0v) is 12.4. The minimum atomic E-state index is -0.383. The first-order valence-electron chi connectivity index (χ1n) is 7.24. The zero-order chi connectivity index (χ0) is 14.7. The number of piperidine rings is 1. The second-order valence-electron chi connectivity index (χ2n) is 5.37. The quantitative estimate of drug-likeness (QED) is 0.860. The van der Waals surface area contributed by atoms with Crippen LogP contribution in [0.15, 0.2) is 12.3 Å². The highest BCUT2D eigenvalue weighted by Gasteiger charge is 2.28. The topological polar surface area (TPSA) is 68.5 Å². The Morgan fingerprint density at radius 1 is 1.55 bits per heavy atom. The number of nitrogens with zero attached hydrogens (tertiary/aromatic N) is 2. The van der Waals surface area contributed by atoms with Crippen LogP contribution in [0.4, 0.5) is 11.5 Å². The minimum absolute atomic E-state index is 0.340. The number of aromatic nitrogens is 1. The molecule has 20 heavy (non-hydrogen) atoms. The zero-order valence-electron chi connectivity index (χ0n) is 12.4. The number of hydrogen-bond donors (Lipinski definition) is 1. The van der Waals surface area contributed by atoms with Crippen LogP contribution in [0, 0.1) is 5.92 Å². The molecule has 1 aliphatic rings. The lowest BCUT2D eigenvalue weighted by Gasteiger charge is -2.39. The number of nitrogen functional groups attached to an aromatic ring is 1. The molecular weight excluding hydrogens is 254 g/mol. The van der Waals surface area contributed by atoms with Crippen LogP contribution in [-0.2, 0) is 4.74 Å². The maximum atomic E-state index is 11.9. The van der Waals surface area contributed by atoms with Gasteiger partial charge in [-0.1, -0.05) is 6.92 Å². The van der Waals surface area contributed by atoms with E-state index in [0.29, 0.717) is 35.6 Å². The summed E-state index contributed by atoms with van der Waals surface area (Å²) in [7, 11) is 0. The molecule has 2 atom stereocenters. The molecule has 1 aliphatic heterocycles. The highest BCUT2D eigenvalue weighted by molar-refractivity contribution is 5.97. The fraction of sp³-hybridized carbons (Fsp3) is 0.600. The molecule has 5 nitrogen and oxygen atoms in total. The Hall–Kier alpha value is -1.78. The molecule has 0 aliphatic carbocycles. The summed E-state index contributed by atoms with van der Waals surface area (Å²) in [5.74, 6) is 0.914. The first-order valence-corrected chi connectivity index (χ1v) is 7.24. The fourth-order valence-electron chi connectivity index (χ4n) is 2.71. The number of rotatable bonds is 3. The van der Waals surface area contributed by atoms with Gasteiger partial charge in [-0.2, -0.15) is 0 Å². The number of pyridine rings is 1. The maximum Gasteiger partial charge on any atom is 0.340 e. The summed E-state index contributed by atoms with van der Waals surface area (Å²) >= 11 is 0. The average Bonchev–Trinajstić information content (AvgIpc) is 2.43. The Labute approximate surface area is 120 Å². The van der Waals surface area contributed by atoms with Crippen molar-refractivity contribution < 1.29 is 9.53 Å². The summed E-state index contributed by atoms with van der Waals surface area (Å²) in [6, 6.07) is 1.99. The van der Waals surface area contributed by atoms with Crippen molar-refractivity contribution in [2.75, 3.05) is 23.8 Å². The molecule has 2 heterocycles. The molecule has 0 amide bonds. The van der Waals surface area contributed by atoms with Crippen LogP contribution >= 0.6 is 0 Å². The van der Waals surface area contributed by atoms with Crippen molar-refractivity contribution >= 4 is 17.5 Å². The number of carbonyl (C=O) groups excluding carboxylic acids is 1. The predicted octanol–water partition coefficient (Wildman–Crippen LogP) is 2.47. The number of nitrogens with two attached hydrogens (primary N) is 1. The molecule has 0 bridgehead atoms. The SMILES string of the molecule is CCOC(=O)c1ccnc(N2CCCC(C)C2C)c1N. The lowest BCUT2D eigenvalue weighted by molar-refractivity contribution is 0.0527. The van der Waals surface area contributed by atoms with Crippen LogP contribution < -0.4 is 10.6 Å². The van der Waals surface area contributed by atoms with E-state index < -0.39 is 0 Å². The molecule has 0 aromatic carbocycles. The van der Waals surface area contributed by atoms with Crippen molar-refractivity contribution in [3.8, 4) is 0 Å². The summed E-state index contributed by atoms with van der Waals surface area (Å²) in [6.45, 7) is 7.47. The lowest BCUT2D eigenvalue weighted by Crippen LogP contribution is -2.43. The van der Waals surface area contributed by atoms with Gasteiger partial charge in [0.2, 0.25) is 0 Å². The van der Waals surface area contributed by atoms with E-state index in [2.05, 4.69) is 23.7 Å². The van der Waals surface area contributed by atoms with Crippen molar-refractivity contribution in [1.29, 1.82) is 0 Å². The van der Waals surface area contributed by atoms with Crippen LogP contribution in [0.1, 0.15) is 44.0 Å². The number of hydrogen-bond acceptors (Lipinski definition) is 5. The molecule has 0 saturated carbocycles. The molecule has 110 valence electrons. The van der Waals surface area contributed by atoms with Gasteiger partial charge in [-0.15, -0.1) is 0 Å². The Balaban J connectivity index is 2.33. The monoisotopic (exact) mass is 277 g/mol. The molecule has 5 heteroatoms. The van der Waals surface area contributed by atoms with Crippen molar-refractivity contribution in [3.05, 3.63) is 17.8 Å². The van der Waals surface area contributed by atoms with Gasteiger partial charge in [-0.05, 0) is 38.7 Å². The van der Waals surface area contributed by atoms with Crippen LogP contribution in [0.25, 0.3) is 0 Å². The van der Waals surface area contributed by atoms with Crippen LogP contribution in [0.5, 0.6) is 0 Å². The molecule has 2 unspecified atom stereocenters. The van der Waals surface area contributed by atoms with Gasteiger partial charge >= 0.3 is 5.97 Å². The van der Waals surface area contributed by atoms with Gasteiger partial charge in [-0.3, -0.25) is 0 Å². The number of carbonyl (C=O) groups is 1. The Morgan fingerprint density at radius 2 is 2.30 bits per heavy atom. The third-order valence-electron chi connectivity index (χ3n) is 4.11. The standard InChI is InChI=1S/C15H23N3O2/c1-4-20-15(19)12-7-8-17-14(13(12)16)18-9-5-6-10(2)11(18)3/h7-8,10-11H,4-6,9,16H2,1-3H3. The average molecular weight is 277 g/mol. The smallest absolute Gasteiger partial charge is 0.340 e. The van der Waals surface area contributed by atoms with E-state index in [1.165, 1.54) is 6.42 Å². The molecule has 1 saturated heterocycles. The second-order valence-corrected chi connectivity index (χ2v) is 5.37. The van der Waals surface area contributed by atoms with E-state index in [4.69, 9.17) is 10.5 Å². The first kappa shape index (κ1) is 14.6. The van der Waals surface area contributed by atoms with Crippen molar-refractivity contribution in [1.82, 2.24) is 4.98 Å². The summed E-state index contributed by atoms with van der Waals surface area (Å²) in [6.07, 6.45) is 3.97. The number of ether oxygens (including phenoxy) is 1. The predicted molar refractivity (Wildman–Crippen MR) is 79.8 cm³/mol. The molecule has 1 fully saturated rings. The second kappa shape index (κ2) is 6.11. The van der Waals surface area contributed by atoms with Crippen LogP contribution in [-0.4, -0.2) is 30.1 Å². The molecule has 1 aromatic heterocycles. The first-order chi connectivity index (χ1) is 9.56. The van der Waals surface area contributed by atoms with Crippen LogP contribution in [0.2, 0.25) is 0 Å². The van der Waals surface area contributed by atoms with E-state index in [9.17, 15) is 4.79 Å². The lowest BCUT2D eigenvalue weighted by atomic mass is 9.92. The maximum absolute atomic E-state index is 11.9. The van der Waals surface area contributed by atoms with Gasteiger partial charge in [0.15, 0.2) is 5.82 Å². The van der Waals surface area contributed by atoms with Crippen molar-refractivity contribution in [2.45, 2.75) is 39.7 Å². The van der Waals surface area contributed by atoms with Crippen molar-refractivity contribution in [2.24, 2.45) is 5.92 Å². The van der Waals surface area contributed by atoms with Gasteiger partial charge in [-0.25, -0.2) is 9.78 Å². The fourth-order valence-corrected chi connectivity index (χ4v) is 2.71. The van der Waals surface area contributed by atoms with Crippen molar-refractivity contribution in [3.63, 3.8) is 0 Å². The third-order valence-corrected chi connectivity index (χ3v) is 4.11. The molecule has 2 rings (SSSR count). The molecule has 0 radical (unpaired) electrons. The molecule has 0 spiro atoms. The molecule has 2 N–H and O–H groups in total. The highest BCUT2D eigenvalue weighted by atomic mass is 16.5. The summed E-state index contributed by atoms with van der Waals surface area (Å²) in [5, 5.41) is 0. The Bertz CT molecular complexity index is 490. The van der Waals surface area contributed by atoms with Gasteiger partial charge in [0.05, 0.1) is 17.9 Å². The molecular formula is C15H23N3O2. The van der Waals surface area contributed by atoms with E-state index in [1.54, 1.807) is 19.2 Å². The number of anilines is 2. The largest absolute Gasteiger partial charge is 0.462 e. The third kappa shape index (κ3) is 2.71. The highest BCUT2D eigenvalue weighted by Crippen LogP contribution is 2.32. The Morgan fingerprint density at radius 3 is 3.00 bits per heavy atom.